The molecule has 0 fully saturated rings. The Kier molecular flexibility index (Phi) is 7.24. The van der Waals surface area contributed by atoms with Crippen molar-refractivity contribution in [3.63, 3.8) is 0 Å². The monoisotopic (exact) mass is 464 g/mol. The van der Waals surface area contributed by atoms with Gasteiger partial charge in [-0.2, -0.15) is 0 Å². The number of methoxy groups -OCH3 is 1. The first-order valence-electron chi connectivity index (χ1n) is 7.57. The van der Waals surface area contributed by atoms with Crippen molar-refractivity contribution in [2.24, 2.45) is 0 Å². The van der Waals surface area contributed by atoms with Crippen LogP contribution in [-0.2, 0) is 17.8 Å². The van der Waals surface area contributed by atoms with Crippen LogP contribution in [-0.4, -0.2) is 37.2 Å². The van der Waals surface area contributed by atoms with Crippen LogP contribution in [0.2, 0.25) is 0 Å². The number of hydrogen-bond acceptors (Lipinski definition) is 6. The summed E-state index contributed by atoms with van der Waals surface area (Å²) in [4.78, 5) is 12.2. The molecule has 0 aliphatic carbocycles. The summed E-state index contributed by atoms with van der Waals surface area (Å²) >= 11 is 2.21. The van der Waals surface area contributed by atoms with Gasteiger partial charge < -0.3 is 19.3 Å². The number of benzene rings is 1. The molecule has 1 aliphatic rings. The van der Waals surface area contributed by atoms with Crippen LogP contribution >= 0.6 is 30.1 Å². The lowest BCUT2D eigenvalue weighted by Crippen LogP contribution is -2.10. The van der Waals surface area contributed by atoms with Crippen LogP contribution in [0, 0.1) is 6.92 Å². The average molecular weight is 464 g/mol. The van der Waals surface area contributed by atoms with Crippen LogP contribution in [0.1, 0.15) is 34.0 Å². The highest BCUT2D eigenvalue weighted by Crippen LogP contribution is 2.42. The van der Waals surface area contributed by atoms with Crippen molar-refractivity contribution >= 4 is 36.1 Å². The SMILES string of the molecule is COc1c(C)c2c(c(OCCSI)c1C/C=C(\C)CO)C(=O)OC2. The molecule has 5 nitrogen and oxygen atoms in total. The standard InChI is InChI=1S/C17H21IO5S/c1-10(8-19)4-5-12-15(21-3)11(2)13-9-23-17(20)14(13)16(12)22-6-7-24-18/h4,19H,5-9H2,1-3H3/b10-4+. The molecule has 0 bridgehead atoms. The number of rotatable bonds is 8. The molecule has 1 heterocycles. The maximum absolute atomic E-state index is 12.2. The van der Waals surface area contributed by atoms with Crippen molar-refractivity contribution in [3.05, 3.63) is 33.9 Å². The fraction of sp³-hybridized carbons (Fsp3) is 0.471. The van der Waals surface area contributed by atoms with E-state index in [0.717, 1.165) is 28.0 Å². The van der Waals surface area contributed by atoms with E-state index in [2.05, 4.69) is 21.2 Å². The molecule has 0 unspecified atom stereocenters. The molecule has 0 saturated heterocycles. The highest BCUT2D eigenvalue weighted by atomic mass is 127. The topological polar surface area (TPSA) is 65.0 Å². The Bertz CT molecular complexity index is 657. The van der Waals surface area contributed by atoms with Crippen molar-refractivity contribution < 1.29 is 24.1 Å². The van der Waals surface area contributed by atoms with Crippen molar-refractivity contribution in [1.82, 2.24) is 0 Å². The minimum atomic E-state index is -0.350. The average Bonchev–Trinajstić information content (AvgIpc) is 2.97. The lowest BCUT2D eigenvalue weighted by atomic mass is 9.95. The quantitative estimate of drug-likeness (QED) is 0.275. The minimum Gasteiger partial charge on any atom is -0.496 e. The van der Waals surface area contributed by atoms with Crippen molar-refractivity contribution in [2.45, 2.75) is 26.9 Å². The number of cyclic esters (lactones) is 1. The summed E-state index contributed by atoms with van der Waals surface area (Å²) in [6, 6.07) is 0. The van der Waals surface area contributed by atoms with E-state index in [4.69, 9.17) is 14.2 Å². The fourth-order valence-corrected chi connectivity index (χ4v) is 3.37. The van der Waals surface area contributed by atoms with Gasteiger partial charge in [0.2, 0.25) is 0 Å². The van der Waals surface area contributed by atoms with Crippen LogP contribution in [0.3, 0.4) is 0 Å². The highest BCUT2D eigenvalue weighted by molar-refractivity contribution is 14.2. The molecule has 24 heavy (non-hydrogen) atoms. The van der Waals surface area contributed by atoms with E-state index >= 15 is 0 Å². The maximum Gasteiger partial charge on any atom is 0.342 e. The summed E-state index contributed by atoms with van der Waals surface area (Å²) in [6.07, 6.45) is 2.44. The second-order valence-electron chi connectivity index (χ2n) is 5.47. The van der Waals surface area contributed by atoms with E-state index in [0.29, 0.717) is 30.1 Å². The molecule has 7 heteroatoms. The number of aliphatic hydroxyl groups excluding tert-OH is 1. The first-order chi connectivity index (χ1) is 11.5. The Morgan fingerprint density at radius 1 is 1.46 bits per heavy atom. The smallest absolute Gasteiger partial charge is 0.342 e. The number of esters is 1. The van der Waals surface area contributed by atoms with E-state index in [1.54, 1.807) is 16.0 Å². The molecule has 0 radical (unpaired) electrons. The van der Waals surface area contributed by atoms with Gasteiger partial charge in [0.1, 0.15) is 23.7 Å². The van der Waals surface area contributed by atoms with Crippen LogP contribution in [0.5, 0.6) is 11.5 Å². The van der Waals surface area contributed by atoms with Crippen molar-refractivity contribution in [1.29, 1.82) is 0 Å². The number of aliphatic hydroxyl groups is 1. The Morgan fingerprint density at radius 3 is 2.83 bits per heavy atom. The highest BCUT2D eigenvalue weighted by Gasteiger charge is 2.33. The molecular formula is C17H21IO5S. The summed E-state index contributed by atoms with van der Waals surface area (Å²) in [5, 5.41) is 9.22. The summed E-state index contributed by atoms with van der Waals surface area (Å²) in [5.41, 5.74) is 3.92. The summed E-state index contributed by atoms with van der Waals surface area (Å²) in [5.74, 6) is 1.72. The van der Waals surface area contributed by atoms with Gasteiger partial charge in [0.15, 0.2) is 0 Å². The van der Waals surface area contributed by atoms with E-state index in [1.165, 1.54) is 0 Å². The number of hydrogen-bond donors (Lipinski definition) is 1. The van der Waals surface area contributed by atoms with E-state index < -0.39 is 0 Å². The molecule has 1 aliphatic heterocycles. The molecule has 2 rings (SSSR count). The van der Waals surface area contributed by atoms with Crippen molar-refractivity contribution in [2.75, 3.05) is 26.1 Å². The fourth-order valence-electron chi connectivity index (χ4n) is 2.69. The van der Waals surface area contributed by atoms with Gasteiger partial charge in [-0.1, -0.05) is 20.6 Å². The normalized spacial score (nSPS) is 13.7. The molecular weight excluding hydrogens is 443 g/mol. The lowest BCUT2D eigenvalue weighted by Gasteiger charge is -2.19. The third-order valence-electron chi connectivity index (χ3n) is 3.94. The van der Waals surface area contributed by atoms with Gasteiger partial charge in [-0.25, -0.2) is 4.79 Å². The van der Waals surface area contributed by atoms with Crippen LogP contribution in [0.15, 0.2) is 11.6 Å². The Labute approximate surface area is 158 Å². The lowest BCUT2D eigenvalue weighted by molar-refractivity contribution is 0.0532. The number of fused-ring (bicyclic) bond motifs is 1. The predicted molar refractivity (Wildman–Crippen MR) is 103 cm³/mol. The Hall–Kier alpha value is -0.930. The minimum absolute atomic E-state index is 0.00402. The van der Waals surface area contributed by atoms with E-state index in [9.17, 15) is 9.90 Å². The molecule has 132 valence electrons. The third-order valence-corrected chi connectivity index (χ3v) is 5.58. The van der Waals surface area contributed by atoms with E-state index in [-0.39, 0.29) is 19.2 Å². The Morgan fingerprint density at radius 2 is 2.21 bits per heavy atom. The largest absolute Gasteiger partial charge is 0.496 e. The number of halogens is 1. The summed E-state index contributed by atoms with van der Waals surface area (Å²) in [6.45, 7) is 4.52. The zero-order valence-electron chi connectivity index (χ0n) is 14.0. The first-order valence-corrected chi connectivity index (χ1v) is 11.1. The van der Waals surface area contributed by atoms with Gasteiger partial charge >= 0.3 is 5.97 Å². The number of allylic oxidation sites excluding steroid dienone is 1. The van der Waals surface area contributed by atoms with Gasteiger partial charge in [0.05, 0.1) is 20.3 Å². The molecule has 1 aromatic rings. The van der Waals surface area contributed by atoms with Gasteiger partial charge in [0, 0.05) is 16.9 Å². The molecule has 0 saturated carbocycles. The van der Waals surface area contributed by atoms with Crippen LogP contribution < -0.4 is 9.47 Å². The second-order valence-corrected chi connectivity index (χ2v) is 7.96. The second kappa shape index (κ2) is 8.96. The third kappa shape index (κ3) is 4.00. The van der Waals surface area contributed by atoms with Gasteiger partial charge in [-0.3, -0.25) is 0 Å². The number of carbonyl (C=O) groups excluding carboxylic acids is 1. The van der Waals surface area contributed by atoms with Gasteiger partial charge in [-0.15, -0.1) is 0 Å². The zero-order valence-corrected chi connectivity index (χ0v) is 17.0. The first kappa shape index (κ1) is 19.4. The Balaban J connectivity index is 2.57. The van der Waals surface area contributed by atoms with Crippen LogP contribution in [0.4, 0.5) is 0 Å². The maximum atomic E-state index is 12.2. The zero-order chi connectivity index (χ0) is 17.7. The summed E-state index contributed by atoms with van der Waals surface area (Å²) in [7, 11) is 3.26. The predicted octanol–water partition coefficient (Wildman–Crippen LogP) is 3.62. The number of ether oxygens (including phenoxy) is 3. The molecule has 0 amide bonds. The molecule has 1 aromatic carbocycles. The molecule has 0 atom stereocenters. The van der Waals surface area contributed by atoms with Crippen LogP contribution in [0.25, 0.3) is 0 Å². The van der Waals surface area contributed by atoms with E-state index in [1.807, 2.05) is 19.9 Å². The van der Waals surface area contributed by atoms with Gasteiger partial charge in [0.25, 0.3) is 0 Å². The summed E-state index contributed by atoms with van der Waals surface area (Å²) < 4.78 is 16.8. The molecule has 0 spiro atoms. The van der Waals surface area contributed by atoms with Gasteiger partial charge in [-0.05, 0) is 47.0 Å². The number of carbonyl (C=O) groups is 1. The molecule has 0 aromatic heterocycles. The van der Waals surface area contributed by atoms with Crippen molar-refractivity contribution in [3.8, 4) is 11.5 Å². The molecule has 1 N–H and O–H groups in total.